The molecule has 0 aliphatic heterocycles. The summed E-state index contributed by atoms with van der Waals surface area (Å²) in [6.07, 6.45) is 3.29. The molecule has 17 heavy (non-hydrogen) atoms. The van der Waals surface area contributed by atoms with Crippen molar-refractivity contribution >= 4 is 15.9 Å². The standard InChI is InChI=1S/C11H18BrN3O2/c1-3-17-11(6-4-5-7-11)9(16)8-10(12)13-14-15(8)2/h9,16H,3-7H2,1-2H3. The second-order valence-electron chi connectivity index (χ2n) is 4.50. The largest absolute Gasteiger partial charge is 0.384 e. The maximum Gasteiger partial charge on any atom is 0.154 e. The number of ether oxygens (including phenoxy) is 1. The van der Waals surface area contributed by atoms with Crippen LogP contribution in [0.5, 0.6) is 0 Å². The molecular weight excluding hydrogens is 286 g/mol. The summed E-state index contributed by atoms with van der Waals surface area (Å²) in [4.78, 5) is 0. The lowest BCUT2D eigenvalue weighted by atomic mass is 9.92. The van der Waals surface area contributed by atoms with Crippen LogP contribution < -0.4 is 0 Å². The van der Waals surface area contributed by atoms with E-state index in [0.29, 0.717) is 16.9 Å². The van der Waals surface area contributed by atoms with Gasteiger partial charge in [-0.25, -0.2) is 4.68 Å². The fourth-order valence-corrected chi connectivity index (χ4v) is 3.18. The van der Waals surface area contributed by atoms with E-state index in [1.165, 1.54) is 0 Å². The van der Waals surface area contributed by atoms with Crippen molar-refractivity contribution in [3.63, 3.8) is 0 Å². The summed E-state index contributed by atoms with van der Waals surface area (Å²) in [6.45, 7) is 2.57. The van der Waals surface area contributed by atoms with E-state index in [4.69, 9.17) is 4.74 Å². The first-order valence-electron chi connectivity index (χ1n) is 5.98. The minimum absolute atomic E-state index is 0.466. The van der Waals surface area contributed by atoms with E-state index in [9.17, 15) is 5.11 Å². The van der Waals surface area contributed by atoms with Crippen molar-refractivity contribution in [3.05, 3.63) is 10.3 Å². The van der Waals surface area contributed by atoms with Crippen LogP contribution >= 0.6 is 15.9 Å². The first-order chi connectivity index (χ1) is 8.10. The molecule has 1 aliphatic carbocycles. The number of nitrogens with zero attached hydrogens (tertiary/aromatic N) is 3. The Morgan fingerprint density at radius 1 is 1.53 bits per heavy atom. The lowest BCUT2D eigenvalue weighted by molar-refractivity contribution is -0.121. The molecule has 1 saturated carbocycles. The van der Waals surface area contributed by atoms with Crippen molar-refractivity contribution in [1.29, 1.82) is 0 Å². The molecule has 0 amide bonds. The molecule has 96 valence electrons. The normalized spacial score (nSPS) is 20.7. The van der Waals surface area contributed by atoms with Crippen LogP contribution in [0.2, 0.25) is 0 Å². The quantitative estimate of drug-likeness (QED) is 0.924. The topological polar surface area (TPSA) is 60.2 Å². The number of halogens is 1. The van der Waals surface area contributed by atoms with Crippen LogP contribution in [0.15, 0.2) is 4.60 Å². The van der Waals surface area contributed by atoms with E-state index in [-0.39, 0.29) is 0 Å². The fourth-order valence-electron chi connectivity index (χ4n) is 2.64. The molecule has 1 aromatic heterocycles. The Hall–Kier alpha value is -0.460. The molecule has 1 atom stereocenters. The van der Waals surface area contributed by atoms with Gasteiger partial charge in [-0.2, -0.15) is 0 Å². The Morgan fingerprint density at radius 3 is 2.65 bits per heavy atom. The molecule has 1 unspecified atom stereocenters. The van der Waals surface area contributed by atoms with Crippen LogP contribution in [0.25, 0.3) is 0 Å². The molecule has 1 aliphatic rings. The molecule has 0 saturated heterocycles. The van der Waals surface area contributed by atoms with Gasteiger partial charge in [0, 0.05) is 13.7 Å². The van der Waals surface area contributed by atoms with Gasteiger partial charge in [0.1, 0.15) is 11.8 Å². The molecule has 1 aromatic rings. The molecule has 1 N–H and O–H groups in total. The summed E-state index contributed by atoms with van der Waals surface area (Å²) >= 11 is 3.33. The Bertz CT molecular complexity index is 369. The van der Waals surface area contributed by atoms with Crippen molar-refractivity contribution < 1.29 is 9.84 Å². The second kappa shape index (κ2) is 5.04. The van der Waals surface area contributed by atoms with Crippen LogP contribution in [0, 0.1) is 0 Å². The summed E-state index contributed by atoms with van der Waals surface area (Å²) < 4.78 is 8.05. The van der Waals surface area contributed by atoms with Crippen molar-refractivity contribution in [3.8, 4) is 0 Å². The van der Waals surface area contributed by atoms with Gasteiger partial charge in [0.2, 0.25) is 0 Å². The lowest BCUT2D eigenvalue weighted by Crippen LogP contribution is -2.37. The Kier molecular flexibility index (Phi) is 3.85. The fraction of sp³-hybridized carbons (Fsp3) is 0.818. The number of rotatable bonds is 4. The van der Waals surface area contributed by atoms with Gasteiger partial charge < -0.3 is 9.84 Å². The first-order valence-corrected chi connectivity index (χ1v) is 6.77. The number of hydrogen-bond acceptors (Lipinski definition) is 4. The smallest absolute Gasteiger partial charge is 0.154 e. The van der Waals surface area contributed by atoms with Gasteiger partial charge in [0.25, 0.3) is 0 Å². The van der Waals surface area contributed by atoms with Gasteiger partial charge in [-0.3, -0.25) is 0 Å². The third-order valence-electron chi connectivity index (χ3n) is 3.47. The zero-order valence-electron chi connectivity index (χ0n) is 10.2. The molecule has 0 aromatic carbocycles. The maximum absolute atomic E-state index is 10.6. The van der Waals surface area contributed by atoms with E-state index in [1.54, 1.807) is 11.7 Å². The van der Waals surface area contributed by atoms with Gasteiger partial charge in [-0.05, 0) is 35.7 Å². The average molecular weight is 304 g/mol. The highest BCUT2D eigenvalue weighted by atomic mass is 79.9. The summed E-state index contributed by atoms with van der Waals surface area (Å²) in [6, 6.07) is 0. The first kappa shape index (κ1) is 13.0. The highest BCUT2D eigenvalue weighted by molar-refractivity contribution is 9.10. The minimum Gasteiger partial charge on any atom is -0.384 e. The van der Waals surface area contributed by atoms with Crippen molar-refractivity contribution in [1.82, 2.24) is 15.0 Å². The van der Waals surface area contributed by atoms with E-state index < -0.39 is 11.7 Å². The molecule has 5 nitrogen and oxygen atoms in total. The summed E-state index contributed by atoms with van der Waals surface area (Å²) in [5.74, 6) is 0. The highest BCUT2D eigenvalue weighted by Gasteiger charge is 2.44. The van der Waals surface area contributed by atoms with Crippen LogP contribution in [-0.4, -0.2) is 32.3 Å². The van der Waals surface area contributed by atoms with E-state index in [1.807, 2.05) is 6.92 Å². The molecule has 0 radical (unpaired) electrons. The average Bonchev–Trinajstić information content (AvgIpc) is 2.88. The van der Waals surface area contributed by atoms with Gasteiger partial charge in [0.15, 0.2) is 4.60 Å². The number of aliphatic hydroxyl groups excluding tert-OH is 1. The Balaban J connectivity index is 2.31. The van der Waals surface area contributed by atoms with Gasteiger partial charge in [0.05, 0.1) is 5.60 Å². The Labute approximate surface area is 109 Å². The number of aliphatic hydroxyl groups is 1. The van der Waals surface area contributed by atoms with Crippen LogP contribution in [0.1, 0.15) is 44.4 Å². The minimum atomic E-state index is -0.681. The Morgan fingerprint density at radius 2 is 2.18 bits per heavy atom. The molecule has 6 heteroatoms. The second-order valence-corrected chi connectivity index (χ2v) is 5.25. The molecular formula is C11H18BrN3O2. The van der Waals surface area contributed by atoms with Crippen LogP contribution in [0.4, 0.5) is 0 Å². The zero-order valence-corrected chi connectivity index (χ0v) is 11.8. The molecule has 1 fully saturated rings. The molecule has 0 bridgehead atoms. The van der Waals surface area contributed by atoms with Crippen molar-refractivity contribution in [2.75, 3.05) is 6.61 Å². The third-order valence-corrected chi connectivity index (χ3v) is 4.03. The number of hydrogen-bond donors (Lipinski definition) is 1. The molecule has 0 spiro atoms. The molecule has 2 rings (SSSR count). The van der Waals surface area contributed by atoms with Crippen LogP contribution in [0.3, 0.4) is 0 Å². The van der Waals surface area contributed by atoms with E-state index >= 15 is 0 Å². The van der Waals surface area contributed by atoms with Crippen molar-refractivity contribution in [2.24, 2.45) is 7.05 Å². The lowest BCUT2D eigenvalue weighted by Gasteiger charge is -2.33. The van der Waals surface area contributed by atoms with Crippen molar-refractivity contribution in [2.45, 2.75) is 44.3 Å². The number of aromatic nitrogens is 3. The highest BCUT2D eigenvalue weighted by Crippen LogP contribution is 2.43. The summed E-state index contributed by atoms with van der Waals surface area (Å²) in [5, 5.41) is 18.4. The van der Waals surface area contributed by atoms with Gasteiger partial charge in [-0.1, -0.05) is 18.1 Å². The summed E-state index contributed by atoms with van der Waals surface area (Å²) in [7, 11) is 1.78. The maximum atomic E-state index is 10.6. The van der Waals surface area contributed by atoms with Gasteiger partial charge in [-0.15, -0.1) is 5.10 Å². The SMILES string of the molecule is CCOC1(C(O)c2c(Br)nnn2C)CCCC1. The predicted octanol–water partition coefficient (Wildman–Crippen LogP) is 1.96. The predicted molar refractivity (Wildman–Crippen MR) is 66.5 cm³/mol. The molecule has 1 heterocycles. The number of aryl methyl sites for hydroxylation is 1. The zero-order chi connectivity index (χ0) is 12.5. The summed E-state index contributed by atoms with van der Waals surface area (Å²) in [5.41, 5.74) is 0.229. The van der Waals surface area contributed by atoms with E-state index in [0.717, 1.165) is 25.7 Å². The van der Waals surface area contributed by atoms with Gasteiger partial charge >= 0.3 is 0 Å². The monoisotopic (exact) mass is 303 g/mol. The van der Waals surface area contributed by atoms with E-state index in [2.05, 4.69) is 26.2 Å². The van der Waals surface area contributed by atoms with Crippen LogP contribution in [-0.2, 0) is 11.8 Å². The third kappa shape index (κ3) is 2.26.